The van der Waals surface area contributed by atoms with Gasteiger partial charge in [0.1, 0.15) is 0 Å². The number of hydrogen-bond acceptors (Lipinski definition) is 3. The molecule has 1 fully saturated rings. The number of carboxylic acids is 1. The van der Waals surface area contributed by atoms with Gasteiger partial charge in [0.15, 0.2) is 0 Å². The van der Waals surface area contributed by atoms with E-state index in [1.807, 2.05) is 6.92 Å². The first-order chi connectivity index (χ1) is 9.72. The highest BCUT2D eigenvalue weighted by Crippen LogP contribution is 2.36. The largest absolute Gasteiger partial charge is 0.478 e. The average Bonchev–Trinajstić information content (AvgIpc) is 3.23. The van der Waals surface area contributed by atoms with E-state index in [2.05, 4.69) is 20.7 Å². The normalized spacial score (nSPS) is 16.7. The number of hydrogen-bond donors (Lipinski definition) is 2. The zero-order valence-corrected chi connectivity index (χ0v) is 14.3. The summed E-state index contributed by atoms with van der Waals surface area (Å²) in [4.78, 5) is 11.1. The van der Waals surface area contributed by atoms with Crippen LogP contribution >= 0.6 is 15.9 Å². The van der Waals surface area contributed by atoms with E-state index in [1.54, 1.807) is 6.92 Å². The Morgan fingerprint density at radius 2 is 2.10 bits per heavy atom. The molecule has 7 heteroatoms. The second-order valence-corrected chi connectivity index (χ2v) is 8.14. The minimum absolute atomic E-state index is 0.0114. The van der Waals surface area contributed by atoms with E-state index >= 15 is 0 Å². The Morgan fingerprint density at radius 1 is 1.48 bits per heavy atom. The number of carbonyl (C=O) groups is 1. The fourth-order valence-corrected chi connectivity index (χ4v) is 4.23. The first kappa shape index (κ1) is 16.5. The molecule has 1 aromatic carbocycles. The molecular formula is C14H18BrNO4S. The predicted octanol–water partition coefficient (Wildman–Crippen LogP) is 2.78. The van der Waals surface area contributed by atoms with Crippen molar-refractivity contribution in [2.45, 2.75) is 31.6 Å². The van der Waals surface area contributed by atoms with E-state index in [4.69, 9.17) is 5.11 Å². The molecule has 1 aliphatic rings. The van der Waals surface area contributed by atoms with Crippen molar-refractivity contribution in [3.05, 3.63) is 27.7 Å². The Bertz CT molecular complexity index is 668. The first-order valence-electron chi connectivity index (χ1n) is 6.75. The molecule has 0 saturated heterocycles. The van der Waals surface area contributed by atoms with Crippen LogP contribution in [0.2, 0.25) is 0 Å². The number of sulfonamides is 1. The van der Waals surface area contributed by atoms with Crippen LogP contribution in [0, 0.1) is 18.8 Å². The van der Waals surface area contributed by atoms with E-state index < -0.39 is 16.0 Å². The van der Waals surface area contributed by atoms with Gasteiger partial charge >= 0.3 is 5.97 Å². The standard InChI is InChI=1S/C14H18BrNO4S/c1-8(10-3-4-10)7-16-21(19,20)13-6-11(14(17)18)5-12(15)9(13)2/h5-6,8,10,16H,3-4,7H2,1-2H3,(H,17,18). The molecule has 5 nitrogen and oxygen atoms in total. The molecule has 0 bridgehead atoms. The van der Waals surface area contributed by atoms with Crippen molar-refractivity contribution in [1.29, 1.82) is 0 Å². The fraction of sp³-hybridized carbons (Fsp3) is 0.500. The summed E-state index contributed by atoms with van der Waals surface area (Å²) >= 11 is 3.22. The number of aromatic carboxylic acids is 1. The summed E-state index contributed by atoms with van der Waals surface area (Å²) in [6.45, 7) is 4.05. The van der Waals surface area contributed by atoms with Gasteiger partial charge in [0.2, 0.25) is 10.0 Å². The molecule has 0 aliphatic heterocycles. The predicted molar refractivity (Wildman–Crippen MR) is 82.9 cm³/mol. The number of nitrogens with one attached hydrogen (secondary N) is 1. The van der Waals surface area contributed by atoms with Gasteiger partial charge in [-0.3, -0.25) is 0 Å². The highest BCUT2D eigenvalue weighted by molar-refractivity contribution is 9.10. The molecule has 21 heavy (non-hydrogen) atoms. The van der Waals surface area contributed by atoms with Crippen LogP contribution in [0.5, 0.6) is 0 Å². The van der Waals surface area contributed by atoms with Crippen LogP contribution in [0.25, 0.3) is 0 Å². The lowest BCUT2D eigenvalue weighted by molar-refractivity contribution is 0.0696. The molecule has 1 unspecified atom stereocenters. The zero-order valence-electron chi connectivity index (χ0n) is 11.9. The quantitative estimate of drug-likeness (QED) is 0.800. The van der Waals surface area contributed by atoms with Gasteiger partial charge in [-0.1, -0.05) is 22.9 Å². The summed E-state index contributed by atoms with van der Waals surface area (Å²) in [5.41, 5.74) is 0.453. The van der Waals surface area contributed by atoms with Gasteiger partial charge in [-0.25, -0.2) is 17.9 Å². The minimum atomic E-state index is -3.71. The monoisotopic (exact) mass is 375 g/mol. The van der Waals surface area contributed by atoms with E-state index in [9.17, 15) is 13.2 Å². The van der Waals surface area contributed by atoms with E-state index in [1.165, 1.54) is 12.1 Å². The summed E-state index contributed by atoms with van der Waals surface area (Å²) in [6.07, 6.45) is 2.31. The van der Waals surface area contributed by atoms with Crippen LogP contribution in [0.1, 0.15) is 35.7 Å². The van der Waals surface area contributed by atoms with Crippen molar-refractivity contribution >= 4 is 31.9 Å². The zero-order chi connectivity index (χ0) is 15.8. The average molecular weight is 376 g/mol. The Balaban J connectivity index is 2.27. The fourth-order valence-electron chi connectivity index (χ4n) is 2.21. The highest BCUT2D eigenvalue weighted by Gasteiger charge is 2.29. The molecule has 2 rings (SSSR count). The molecule has 0 radical (unpaired) electrons. The third-order valence-corrected chi connectivity index (χ3v) is 6.23. The molecule has 2 N–H and O–H groups in total. The topological polar surface area (TPSA) is 83.5 Å². The Hall–Kier alpha value is -0.920. The molecule has 0 heterocycles. The highest BCUT2D eigenvalue weighted by atomic mass is 79.9. The number of benzene rings is 1. The Morgan fingerprint density at radius 3 is 2.62 bits per heavy atom. The molecule has 1 aromatic rings. The van der Waals surface area contributed by atoms with Crippen LogP contribution in [-0.4, -0.2) is 26.0 Å². The van der Waals surface area contributed by atoms with Gasteiger partial charge in [0.25, 0.3) is 0 Å². The van der Waals surface area contributed by atoms with Crippen LogP contribution in [0.3, 0.4) is 0 Å². The van der Waals surface area contributed by atoms with E-state index in [-0.39, 0.29) is 10.5 Å². The van der Waals surface area contributed by atoms with Gasteiger partial charge in [0, 0.05) is 11.0 Å². The number of carboxylic acid groups (broad SMARTS) is 1. The van der Waals surface area contributed by atoms with Crippen LogP contribution < -0.4 is 4.72 Å². The van der Waals surface area contributed by atoms with Crippen molar-refractivity contribution in [2.24, 2.45) is 11.8 Å². The molecule has 116 valence electrons. The van der Waals surface area contributed by atoms with Crippen molar-refractivity contribution in [1.82, 2.24) is 4.72 Å². The molecule has 1 saturated carbocycles. The van der Waals surface area contributed by atoms with Gasteiger partial charge < -0.3 is 5.11 Å². The number of rotatable bonds is 6. The maximum absolute atomic E-state index is 12.4. The summed E-state index contributed by atoms with van der Waals surface area (Å²) < 4.78 is 27.9. The SMILES string of the molecule is Cc1c(Br)cc(C(=O)O)cc1S(=O)(=O)NCC(C)C1CC1. The smallest absolute Gasteiger partial charge is 0.335 e. The summed E-state index contributed by atoms with van der Waals surface area (Å²) in [7, 11) is -3.71. The summed E-state index contributed by atoms with van der Waals surface area (Å²) in [6, 6.07) is 2.61. The lowest BCUT2D eigenvalue weighted by Crippen LogP contribution is -2.30. The van der Waals surface area contributed by atoms with Crippen LogP contribution in [0.15, 0.2) is 21.5 Å². The third kappa shape index (κ3) is 3.84. The number of halogens is 1. The minimum Gasteiger partial charge on any atom is -0.478 e. The Labute approximate surface area is 132 Å². The lowest BCUT2D eigenvalue weighted by Gasteiger charge is -2.14. The van der Waals surface area contributed by atoms with Gasteiger partial charge in [-0.15, -0.1) is 0 Å². The Kier molecular flexibility index (Phi) is 4.75. The van der Waals surface area contributed by atoms with Gasteiger partial charge in [-0.2, -0.15) is 0 Å². The van der Waals surface area contributed by atoms with Crippen LogP contribution in [-0.2, 0) is 10.0 Å². The van der Waals surface area contributed by atoms with Crippen molar-refractivity contribution < 1.29 is 18.3 Å². The molecule has 1 atom stereocenters. The maximum atomic E-state index is 12.4. The van der Waals surface area contributed by atoms with E-state index in [0.717, 1.165) is 12.8 Å². The van der Waals surface area contributed by atoms with Gasteiger partial charge in [0.05, 0.1) is 10.5 Å². The third-order valence-electron chi connectivity index (χ3n) is 3.86. The maximum Gasteiger partial charge on any atom is 0.335 e. The molecule has 0 amide bonds. The van der Waals surface area contributed by atoms with E-state index in [0.29, 0.717) is 28.4 Å². The molecule has 0 spiro atoms. The first-order valence-corrected chi connectivity index (χ1v) is 9.03. The van der Waals surface area contributed by atoms with Crippen molar-refractivity contribution in [3.8, 4) is 0 Å². The summed E-state index contributed by atoms with van der Waals surface area (Å²) in [5, 5.41) is 9.05. The molecule has 0 aromatic heterocycles. The van der Waals surface area contributed by atoms with Crippen molar-refractivity contribution in [3.63, 3.8) is 0 Å². The second kappa shape index (κ2) is 6.06. The molecular weight excluding hydrogens is 358 g/mol. The van der Waals surface area contributed by atoms with Crippen molar-refractivity contribution in [2.75, 3.05) is 6.54 Å². The second-order valence-electron chi connectivity index (χ2n) is 5.55. The molecule has 1 aliphatic carbocycles. The van der Waals surface area contributed by atoms with Gasteiger partial charge in [-0.05, 0) is 49.3 Å². The van der Waals surface area contributed by atoms with Crippen LogP contribution in [0.4, 0.5) is 0 Å². The summed E-state index contributed by atoms with van der Waals surface area (Å²) in [5.74, 6) is -0.254. The lowest BCUT2D eigenvalue weighted by atomic mass is 10.1.